The van der Waals surface area contributed by atoms with Crippen molar-refractivity contribution in [1.82, 2.24) is 0 Å². The van der Waals surface area contributed by atoms with Crippen LogP contribution in [0, 0.1) is 6.92 Å². The van der Waals surface area contributed by atoms with Crippen molar-refractivity contribution in [2.45, 2.75) is 26.9 Å². The smallest absolute Gasteiger partial charge is 0.338 e. The zero-order valence-corrected chi connectivity index (χ0v) is 21.1. The van der Waals surface area contributed by atoms with Crippen molar-refractivity contribution >= 4 is 52.4 Å². The van der Waals surface area contributed by atoms with Gasteiger partial charge in [0.05, 0.1) is 17.4 Å². The number of rotatable bonds is 7. The number of benzene rings is 3. The van der Waals surface area contributed by atoms with Crippen molar-refractivity contribution in [2.24, 2.45) is 0 Å². The second-order valence-electron chi connectivity index (χ2n) is 8.61. The molecule has 0 aromatic heterocycles. The summed E-state index contributed by atoms with van der Waals surface area (Å²) in [5.74, 6) is -1.97. The van der Waals surface area contributed by atoms with Crippen LogP contribution >= 0.6 is 11.6 Å². The summed E-state index contributed by atoms with van der Waals surface area (Å²) in [6, 6.07) is 19.7. The molecule has 1 heterocycles. The number of carbonyl (C=O) groups excluding carboxylic acids is 4. The van der Waals surface area contributed by atoms with Gasteiger partial charge in [-0.25, -0.2) is 9.69 Å². The Balaban J connectivity index is 1.42. The van der Waals surface area contributed by atoms with Gasteiger partial charge in [0.1, 0.15) is 10.7 Å². The minimum absolute atomic E-state index is 0.0387. The third-order valence-electron chi connectivity index (χ3n) is 5.52. The summed E-state index contributed by atoms with van der Waals surface area (Å²) in [4.78, 5) is 51.3. The normalized spacial score (nSPS) is 13.3. The SMILES string of the molecule is Cc1ccccc1N1C(=O)C(Cl)=C(Nc2ccc(C(=O)Nc3ccc(C(=O)OC(C)C)cc3)cc2)C1=O. The maximum atomic E-state index is 13.0. The molecule has 1 aliphatic heterocycles. The van der Waals surface area contributed by atoms with Crippen LogP contribution < -0.4 is 15.5 Å². The Morgan fingerprint density at radius 2 is 1.43 bits per heavy atom. The van der Waals surface area contributed by atoms with Crippen LogP contribution in [-0.4, -0.2) is 29.8 Å². The molecule has 0 fully saturated rings. The lowest BCUT2D eigenvalue weighted by Gasteiger charge is -2.17. The van der Waals surface area contributed by atoms with E-state index in [4.69, 9.17) is 16.3 Å². The zero-order chi connectivity index (χ0) is 26.7. The van der Waals surface area contributed by atoms with Crippen LogP contribution in [0.15, 0.2) is 83.5 Å². The van der Waals surface area contributed by atoms with Gasteiger partial charge in [0, 0.05) is 16.9 Å². The summed E-state index contributed by atoms with van der Waals surface area (Å²) < 4.78 is 5.15. The first-order valence-electron chi connectivity index (χ1n) is 11.5. The van der Waals surface area contributed by atoms with E-state index in [1.807, 2.05) is 6.07 Å². The summed E-state index contributed by atoms with van der Waals surface area (Å²) in [5.41, 5.74) is 2.92. The van der Waals surface area contributed by atoms with Crippen molar-refractivity contribution in [3.8, 4) is 0 Å². The summed E-state index contributed by atoms with van der Waals surface area (Å²) in [5, 5.41) is 5.44. The molecule has 0 spiro atoms. The van der Waals surface area contributed by atoms with Gasteiger partial charge in [0.2, 0.25) is 0 Å². The number of amides is 3. The van der Waals surface area contributed by atoms with Gasteiger partial charge in [-0.3, -0.25) is 14.4 Å². The molecule has 2 N–H and O–H groups in total. The van der Waals surface area contributed by atoms with Crippen LogP contribution in [0.25, 0.3) is 0 Å². The van der Waals surface area contributed by atoms with Gasteiger partial charge >= 0.3 is 5.97 Å². The quantitative estimate of drug-likeness (QED) is 0.328. The van der Waals surface area contributed by atoms with E-state index in [0.29, 0.717) is 28.2 Å². The van der Waals surface area contributed by atoms with Crippen molar-refractivity contribution in [3.63, 3.8) is 0 Å². The van der Waals surface area contributed by atoms with Crippen molar-refractivity contribution in [1.29, 1.82) is 0 Å². The number of esters is 1. The predicted molar refractivity (Wildman–Crippen MR) is 142 cm³/mol. The minimum atomic E-state index is -0.608. The highest BCUT2D eigenvalue weighted by molar-refractivity contribution is 6.53. The molecule has 37 heavy (non-hydrogen) atoms. The van der Waals surface area contributed by atoms with Crippen LogP contribution in [0.1, 0.15) is 40.1 Å². The number of anilines is 3. The maximum absolute atomic E-state index is 13.0. The fourth-order valence-electron chi connectivity index (χ4n) is 3.67. The Hall–Kier alpha value is -4.43. The first-order valence-corrected chi connectivity index (χ1v) is 11.9. The average Bonchev–Trinajstić information content (AvgIpc) is 3.08. The van der Waals surface area contributed by atoms with Gasteiger partial charge in [0.25, 0.3) is 17.7 Å². The monoisotopic (exact) mass is 517 g/mol. The molecule has 0 saturated heterocycles. The number of ether oxygens (including phenoxy) is 1. The molecule has 0 saturated carbocycles. The van der Waals surface area contributed by atoms with E-state index < -0.39 is 17.8 Å². The molecule has 0 radical (unpaired) electrons. The maximum Gasteiger partial charge on any atom is 0.338 e. The molecule has 9 heteroatoms. The summed E-state index contributed by atoms with van der Waals surface area (Å²) in [6.07, 6.45) is -0.226. The molecule has 8 nitrogen and oxygen atoms in total. The highest BCUT2D eigenvalue weighted by atomic mass is 35.5. The third kappa shape index (κ3) is 5.54. The van der Waals surface area contributed by atoms with Crippen molar-refractivity contribution in [2.75, 3.05) is 15.5 Å². The number of hydrogen-bond donors (Lipinski definition) is 2. The van der Waals surface area contributed by atoms with E-state index in [0.717, 1.165) is 10.5 Å². The topological polar surface area (TPSA) is 105 Å². The molecule has 3 aromatic carbocycles. The van der Waals surface area contributed by atoms with Gasteiger partial charge in [-0.1, -0.05) is 29.8 Å². The number of imide groups is 1. The number of aryl methyl sites for hydroxylation is 1. The number of hydrogen-bond acceptors (Lipinski definition) is 6. The van der Waals surface area contributed by atoms with Crippen molar-refractivity contribution < 1.29 is 23.9 Å². The van der Waals surface area contributed by atoms with E-state index in [1.54, 1.807) is 87.5 Å². The third-order valence-corrected chi connectivity index (χ3v) is 5.87. The number of carbonyl (C=O) groups is 4. The lowest BCUT2D eigenvalue weighted by molar-refractivity contribution is -0.120. The second-order valence-corrected chi connectivity index (χ2v) is 8.99. The Bertz CT molecular complexity index is 1410. The molecule has 0 unspecified atom stereocenters. The van der Waals surface area contributed by atoms with E-state index >= 15 is 0 Å². The molecule has 3 amide bonds. The molecule has 188 valence electrons. The summed E-state index contributed by atoms with van der Waals surface area (Å²) in [6.45, 7) is 5.34. The Morgan fingerprint density at radius 1 is 0.838 bits per heavy atom. The molecule has 4 rings (SSSR count). The largest absolute Gasteiger partial charge is 0.459 e. The van der Waals surface area contributed by atoms with Gasteiger partial charge < -0.3 is 15.4 Å². The number of halogens is 1. The number of nitrogens with one attached hydrogen (secondary N) is 2. The fourth-order valence-corrected chi connectivity index (χ4v) is 3.88. The molecule has 3 aromatic rings. The van der Waals surface area contributed by atoms with E-state index in [-0.39, 0.29) is 22.7 Å². The molecule has 0 atom stereocenters. The first-order chi connectivity index (χ1) is 17.7. The van der Waals surface area contributed by atoms with Crippen LogP contribution in [-0.2, 0) is 14.3 Å². The number of nitrogens with zero attached hydrogens (tertiary/aromatic N) is 1. The van der Waals surface area contributed by atoms with Gasteiger partial charge in [-0.15, -0.1) is 0 Å². The summed E-state index contributed by atoms with van der Waals surface area (Å²) >= 11 is 6.21. The predicted octanol–water partition coefficient (Wildman–Crippen LogP) is 5.25. The molecule has 0 aliphatic carbocycles. The minimum Gasteiger partial charge on any atom is -0.459 e. The van der Waals surface area contributed by atoms with Crippen LogP contribution in [0.4, 0.5) is 17.1 Å². The fraction of sp³-hybridized carbons (Fsp3) is 0.143. The molecular formula is C28H24ClN3O5. The Morgan fingerprint density at radius 3 is 2.05 bits per heavy atom. The number of para-hydroxylation sites is 1. The molecular weight excluding hydrogens is 494 g/mol. The Kier molecular flexibility index (Phi) is 7.40. The van der Waals surface area contributed by atoms with Gasteiger partial charge in [-0.2, -0.15) is 0 Å². The lowest BCUT2D eigenvalue weighted by atomic mass is 10.1. The standard InChI is InChI=1S/C28H24ClN3O5/c1-16(2)37-28(36)19-10-14-21(15-11-19)31-25(33)18-8-12-20(13-9-18)30-24-23(29)26(34)32(27(24)35)22-7-5-4-6-17(22)3/h4-16,30H,1-3H3,(H,31,33). The van der Waals surface area contributed by atoms with Crippen LogP contribution in [0.3, 0.4) is 0 Å². The van der Waals surface area contributed by atoms with Gasteiger partial charge in [0.15, 0.2) is 0 Å². The molecule has 1 aliphatic rings. The van der Waals surface area contributed by atoms with Crippen LogP contribution in [0.2, 0.25) is 0 Å². The van der Waals surface area contributed by atoms with Crippen molar-refractivity contribution in [3.05, 3.63) is 100 Å². The van der Waals surface area contributed by atoms with Crippen LogP contribution in [0.5, 0.6) is 0 Å². The molecule has 0 bridgehead atoms. The zero-order valence-electron chi connectivity index (χ0n) is 20.4. The second kappa shape index (κ2) is 10.7. The lowest BCUT2D eigenvalue weighted by Crippen LogP contribution is -2.32. The summed E-state index contributed by atoms with van der Waals surface area (Å²) in [7, 11) is 0. The average molecular weight is 518 g/mol. The first kappa shape index (κ1) is 25.7. The van der Waals surface area contributed by atoms with E-state index in [9.17, 15) is 19.2 Å². The Labute approximate surface area is 218 Å². The van der Waals surface area contributed by atoms with E-state index in [2.05, 4.69) is 10.6 Å². The highest BCUT2D eigenvalue weighted by Crippen LogP contribution is 2.31. The van der Waals surface area contributed by atoms with E-state index in [1.165, 1.54) is 0 Å². The highest BCUT2D eigenvalue weighted by Gasteiger charge is 2.39. The van der Waals surface area contributed by atoms with Gasteiger partial charge in [-0.05, 0) is 80.9 Å².